The van der Waals surface area contributed by atoms with E-state index in [9.17, 15) is 4.79 Å². The second-order valence-electron chi connectivity index (χ2n) is 5.09. The fourth-order valence-electron chi connectivity index (χ4n) is 2.54. The maximum atomic E-state index is 12.0. The summed E-state index contributed by atoms with van der Waals surface area (Å²) in [4.78, 5) is 12.0. The van der Waals surface area contributed by atoms with Gasteiger partial charge < -0.3 is 5.73 Å². The quantitative estimate of drug-likeness (QED) is 0.854. The molecule has 1 aromatic carbocycles. The van der Waals surface area contributed by atoms with Gasteiger partial charge in [-0.15, -0.1) is 0 Å². The molecular weight excluding hydrogens is 325 g/mol. The average Bonchev–Trinajstić information content (AvgIpc) is 2.68. The second-order valence-corrected chi connectivity index (χ2v) is 6.33. The first-order chi connectivity index (χ1) is 8.07. The number of benzene rings is 1. The Morgan fingerprint density at radius 3 is 2.41 bits per heavy atom. The minimum Gasteiger partial charge on any atom is -0.325 e. The Labute approximate surface area is 116 Å². The summed E-state index contributed by atoms with van der Waals surface area (Å²) in [5.41, 5.74) is 7.10. The number of ketones is 1. The van der Waals surface area contributed by atoms with Crippen molar-refractivity contribution in [1.29, 1.82) is 0 Å². The second kappa shape index (κ2) is 5.48. The van der Waals surface area contributed by atoms with E-state index in [-0.39, 0.29) is 11.3 Å². The first-order valence-corrected chi connectivity index (χ1v) is 7.20. The van der Waals surface area contributed by atoms with E-state index < -0.39 is 0 Å². The molecule has 92 valence electrons. The van der Waals surface area contributed by atoms with E-state index in [1.165, 1.54) is 16.4 Å². The maximum absolute atomic E-state index is 12.0. The maximum Gasteiger partial charge on any atom is 0.139 e. The molecule has 1 aliphatic rings. The predicted octanol–water partition coefficient (Wildman–Crippen LogP) is 3.06. The molecule has 1 fully saturated rings. The van der Waals surface area contributed by atoms with Crippen LogP contribution in [0, 0.1) is 3.57 Å². The lowest BCUT2D eigenvalue weighted by molar-refractivity contribution is -0.119. The molecule has 0 saturated heterocycles. The highest BCUT2D eigenvalue weighted by molar-refractivity contribution is 14.1. The zero-order chi connectivity index (χ0) is 12.3. The molecule has 0 atom stereocenters. The largest absolute Gasteiger partial charge is 0.325 e. The summed E-state index contributed by atoms with van der Waals surface area (Å²) in [7, 11) is 0. The van der Waals surface area contributed by atoms with Crippen molar-refractivity contribution in [2.24, 2.45) is 5.73 Å². The van der Waals surface area contributed by atoms with E-state index in [0.717, 1.165) is 18.4 Å². The van der Waals surface area contributed by atoms with Crippen molar-refractivity contribution in [2.75, 3.05) is 0 Å². The van der Waals surface area contributed by atoms with Gasteiger partial charge in [-0.05, 0) is 53.1 Å². The number of carbonyl (C=O) groups excluding carboxylic acids is 1. The minimum atomic E-state index is -0.208. The van der Waals surface area contributed by atoms with Crippen LogP contribution in [0.5, 0.6) is 0 Å². The van der Waals surface area contributed by atoms with Crippen molar-refractivity contribution < 1.29 is 4.79 Å². The Balaban J connectivity index is 1.91. The van der Waals surface area contributed by atoms with Crippen molar-refractivity contribution in [1.82, 2.24) is 0 Å². The molecule has 0 unspecified atom stereocenters. The van der Waals surface area contributed by atoms with Gasteiger partial charge in [-0.3, -0.25) is 4.79 Å². The molecule has 0 aliphatic heterocycles. The molecule has 1 saturated carbocycles. The van der Waals surface area contributed by atoms with E-state index in [4.69, 9.17) is 5.73 Å². The van der Waals surface area contributed by atoms with Crippen LogP contribution >= 0.6 is 22.6 Å². The Morgan fingerprint density at radius 2 is 1.82 bits per heavy atom. The summed E-state index contributed by atoms with van der Waals surface area (Å²) in [5, 5.41) is 0. The lowest BCUT2D eigenvalue weighted by Crippen LogP contribution is -2.39. The first kappa shape index (κ1) is 13.0. The summed E-state index contributed by atoms with van der Waals surface area (Å²) in [6, 6.07) is 8.13. The van der Waals surface area contributed by atoms with Gasteiger partial charge in [0.1, 0.15) is 5.78 Å². The average molecular weight is 343 g/mol. The number of hydrogen-bond donors (Lipinski definition) is 1. The Morgan fingerprint density at radius 1 is 1.24 bits per heavy atom. The number of rotatable bonds is 4. The molecule has 3 heteroatoms. The molecule has 0 aromatic heterocycles. The van der Waals surface area contributed by atoms with E-state index >= 15 is 0 Å². The normalized spacial score (nSPS) is 18.2. The van der Waals surface area contributed by atoms with E-state index in [0.29, 0.717) is 12.8 Å². The number of nitrogens with two attached hydrogens (primary N) is 1. The summed E-state index contributed by atoms with van der Waals surface area (Å²) in [6.45, 7) is 0. The van der Waals surface area contributed by atoms with Gasteiger partial charge in [0.05, 0.1) is 0 Å². The summed E-state index contributed by atoms with van der Waals surface area (Å²) >= 11 is 2.27. The van der Waals surface area contributed by atoms with Crippen molar-refractivity contribution in [3.05, 3.63) is 33.4 Å². The number of Topliss-reactive ketones (excluding diaryl/α,β-unsaturated/α-hetero) is 1. The molecule has 2 rings (SSSR count). The molecule has 0 heterocycles. The van der Waals surface area contributed by atoms with E-state index in [2.05, 4.69) is 22.6 Å². The van der Waals surface area contributed by atoms with Gasteiger partial charge in [0, 0.05) is 22.0 Å². The van der Waals surface area contributed by atoms with Gasteiger partial charge in [0.2, 0.25) is 0 Å². The molecular formula is C14H18INO. The van der Waals surface area contributed by atoms with Gasteiger partial charge in [0.15, 0.2) is 0 Å². The lowest BCUT2D eigenvalue weighted by atomic mass is 9.90. The van der Waals surface area contributed by atoms with Crippen molar-refractivity contribution in [3.8, 4) is 0 Å². The Bertz CT molecular complexity index is 393. The molecule has 1 aromatic rings. The van der Waals surface area contributed by atoms with Crippen LogP contribution in [0.2, 0.25) is 0 Å². The topological polar surface area (TPSA) is 43.1 Å². The zero-order valence-electron chi connectivity index (χ0n) is 9.92. The monoisotopic (exact) mass is 343 g/mol. The summed E-state index contributed by atoms with van der Waals surface area (Å²) in [6.07, 6.45) is 5.42. The lowest BCUT2D eigenvalue weighted by Gasteiger charge is -2.22. The van der Waals surface area contributed by atoms with Crippen LogP contribution in [-0.2, 0) is 11.2 Å². The third-order valence-electron chi connectivity index (χ3n) is 3.46. The van der Waals surface area contributed by atoms with Gasteiger partial charge in [0.25, 0.3) is 0 Å². The molecule has 0 spiro atoms. The summed E-state index contributed by atoms with van der Waals surface area (Å²) < 4.78 is 1.20. The highest BCUT2D eigenvalue weighted by atomic mass is 127. The van der Waals surface area contributed by atoms with Crippen LogP contribution in [-0.4, -0.2) is 11.3 Å². The SMILES string of the molecule is NC1(CC(=O)Cc2ccc(I)cc2)CCCC1. The van der Waals surface area contributed by atoms with Crippen molar-refractivity contribution >= 4 is 28.4 Å². The standard InChI is InChI=1S/C14H18INO/c15-12-5-3-11(4-6-12)9-13(17)10-14(16)7-1-2-8-14/h3-6H,1-2,7-10,16H2. The smallest absolute Gasteiger partial charge is 0.139 e. The molecule has 0 radical (unpaired) electrons. The first-order valence-electron chi connectivity index (χ1n) is 6.12. The fourth-order valence-corrected chi connectivity index (χ4v) is 2.90. The van der Waals surface area contributed by atoms with Crippen LogP contribution < -0.4 is 5.73 Å². The summed E-state index contributed by atoms with van der Waals surface area (Å²) in [5.74, 6) is 0.274. The van der Waals surface area contributed by atoms with Gasteiger partial charge in [-0.2, -0.15) is 0 Å². The van der Waals surface area contributed by atoms with E-state index in [1.807, 2.05) is 24.3 Å². The van der Waals surface area contributed by atoms with E-state index in [1.54, 1.807) is 0 Å². The Hall–Kier alpha value is -0.420. The predicted molar refractivity (Wildman–Crippen MR) is 77.9 cm³/mol. The van der Waals surface area contributed by atoms with Crippen LogP contribution in [0.25, 0.3) is 0 Å². The van der Waals surface area contributed by atoms with Crippen molar-refractivity contribution in [2.45, 2.75) is 44.1 Å². The molecule has 0 amide bonds. The van der Waals surface area contributed by atoms with Crippen LogP contribution in [0.15, 0.2) is 24.3 Å². The molecule has 17 heavy (non-hydrogen) atoms. The molecule has 0 bridgehead atoms. The number of halogens is 1. The number of hydrogen-bond acceptors (Lipinski definition) is 2. The molecule has 2 N–H and O–H groups in total. The van der Waals surface area contributed by atoms with Crippen LogP contribution in [0.3, 0.4) is 0 Å². The highest BCUT2D eigenvalue weighted by Gasteiger charge is 2.31. The third kappa shape index (κ3) is 3.78. The minimum absolute atomic E-state index is 0.208. The number of carbonyl (C=O) groups is 1. The highest BCUT2D eigenvalue weighted by Crippen LogP contribution is 2.30. The zero-order valence-corrected chi connectivity index (χ0v) is 12.1. The van der Waals surface area contributed by atoms with Gasteiger partial charge >= 0.3 is 0 Å². The Kier molecular flexibility index (Phi) is 4.20. The van der Waals surface area contributed by atoms with Gasteiger partial charge in [-0.1, -0.05) is 25.0 Å². The molecule has 1 aliphatic carbocycles. The van der Waals surface area contributed by atoms with Crippen molar-refractivity contribution in [3.63, 3.8) is 0 Å². The van der Waals surface area contributed by atoms with Crippen LogP contribution in [0.1, 0.15) is 37.7 Å². The fraction of sp³-hybridized carbons (Fsp3) is 0.500. The van der Waals surface area contributed by atoms with Crippen LogP contribution in [0.4, 0.5) is 0 Å². The van der Waals surface area contributed by atoms with Gasteiger partial charge in [-0.25, -0.2) is 0 Å². The molecule has 2 nitrogen and oxygen atoms in total. The third-order valence-corrected chi connectivity index (χ3v) is 4.18.